The maximum absolute atomic E-state index is 12.3. The van der Waals surface area contributed by atoms with Crippen molar-refractivity contribution in [2.24, 2.45) is 11.7 Å². The lowest BCUT2D eigenvalue weighted by Crippen LogP contribution is -2.53. The summed E-state index contributed by atoms with van der Waals surface area (Å²) in [4.78, 5) is 15.5. The van der Waals surface area contributed by atoms with E-state index in [1.165, 1.54) is 12.8 Å². The molecule has 0 radical (unpaired) electrons. The van der Waals surface area contributed by atoms with E-state index >= 15 is 0 Å². The Morgan fingerprint density at radius 2 is 2.20 bits per heavy atom. The molecule has 106 valence electrons. The molecule has 0 bridgehead atoms. The smallest absolute Gasteiger partial charge is 0.224 e. The molecule has 0 aliphatic heterocycles. The summed E-state index contributed by atoms with van der Waals surface area (Å²) in [6.45, 7) is 2.55. The molecule has 20 heavy (non-hydrogen) atoms. The molecule has 1 amide bonds. The van der Waals surface area contributed by atoms with Gasteiger partial charge < -0.3 is 16.0 Å². The van der Waals surface area contributed by atoms with E-state index in [-0.39, 0.29) is 11.4 Å². The minimum absolute atomic E-state index is 0.0506. The topological polar surface area (TPSA) is 70.9 Å². The second-order valence-electron chi connectivity index (χ2n) is 5.98. The van der Waals surface area contributed by atoms with Crippen LogP contribution < -0.4 is 11.1 Å². The molecule has 0 spiro atoms. The number of hydrogen-bond acceptors (Lipinski definition) is 2. The minimum Gasteiger partial charge on any atom is -0.361 e. The second kappa shape index (κ2) is 4.94. The van der Waals surface area contributed by atoms with Gasteiger partial charge in [0, 0.05) is 23.6 Å². The molecular formula is C16H21N3O. The fraction of sp³-hybridized carbons (Fsp3) is 0.438. The minimum atomic E-state index is -0.247. The van der Waals surface area contributed by atoms with Crippen LogP contribution in [0.3, 0.4) is 0 Å². The number of aromatic nitrogens is 1. The number of carbonyl (C=O) groups excluding carboxylic acids is 1. The number of benzene rings is 1. The summed E-state index contributed by atoms with van der Waals surface area (Å²) in [6.07, 6.45) is 4.65. The third-order valence-electron chi connectivity index (χ3n) is 4.35. The van der Waals surface area contributed by atoms with Crippen LogP contribution in [0.15, 0.2) is 30.5 Å². The number of H-pyrrole nitrogens is 1. The number of nitrogens with two attached hydrogens (primary N) is 1. The number of nitrogens with one attached hydrogen (secondary N) is 2. The van der Waals surface area contributed by atoms with E-state index in [1.54, 1.807) is 0 Å². The molecule has 1 aliphatic rings. The van der Waals surface area contributed by atoms with Gasteiger partial charge in [-0.15, -0.1) is 0 Å². The summed E-state index contributed by atoms with van der Waals surface area (Å²) >= 11 is 0. The Balaban J connectivity index is 1.72. The van der Waals surface area contributed by atoms with Gasteiger partial charge in [-0.2, -0.15) is 0 Å². The lowest BCUT2D eigenvalue weighted by atomic mass is 9.95. The molecule has 1 aromatic carbocycles. The first-order valence-electron chi connectivity index (χ1n) is 7.18. The molecule has 1 heterocycles. The highest BCUT2D eigenvalue weighted by Crippen LogP contribution is 2.39. The van der Waals surface area contributed by atoms with Crippen LogP contribution in [0.4, 0.5) is 0 Å². The fourth-order valence-corrected chi connectivity index (χ4v) is 2.85. The molecule has 2 aromatic rings. The van der Waals surface area contributed by atoms with E-state index in [1.807, 2.05) is 30.5 Å². The largest absolute Gasteiger partial charge is 0.361 e. The van der Waals surface area contributed by atoms with Gasteiger partial charge in [-0.25, -0.2) is 0 Å². The van der Waals surface area contributed by atoms with Crippen LogP contribution in [-0.4, -0.2) is 23.0 Å². The average molecular weight is 271 g/mol. The highest BCUT2D eigenvalue weighted by Gasteiger charge is 2.41. The third kappa shape index (κ3) is 2.43. The number of para-hydroxylation sites is 1. The summed E-state index contributed by atoms with van der Waals surface area (Å²) in [5.74, 6) is 0.592. The van der Waals surface area contributed by atoms with Gasteiger partial charge in [-0.3, -0.25) is 4.79 Å². The lowest BCUT2D eigenvalue weighted by Gasteiger charge is -2.29. The van der Waals surface area contributed by atoms with Crippen LogP contribution in [0.25, 0.3) is 10.9 Å². The van der Waals surface area contributed by atoms with E-state index in [9.17, 15) is 4.79 Å². The molecule has 0 saturated heterocycles. The molecule has 1 saturated carbocycles. The second-order valence-corrected chi connectivity index (χ2v) is 5.98. The zero-order chi connectivity index (χ0) is 14.2. The highest BCUT2D eigenvalue weighted by molar-refractivity contribution is 5.89. The van der Waals surface area contributed by atoms with Crippen molar-refractivity contribution in [2.75, 3.05) is 6.54 Å². The first-order valence-corrected chi connectivity index (χ1v) is 7.18. The molecule has 1 fully saturated rings. The van der Waals surface area contributed by atoms with Crippen LogP contribution in [-0.2, 0) is 11.2 Å². The third-order valence-corrected chi connectivity index (χ3v) is 4.35. The summed E-state index contributed by atoms with van der Waals surface area (Å²) in [5, 5.41) is 4.24. The Labute approximate surface area is 118 Å². The number of fused-ring (bicyclic) bond motifs is 1. The van der Waals surface area contributed by atoms with Crippen molar-refractivity contribution in [1.82, 2.24) is 10.3 Å². The van der Waals surface area contributed by atoms with Crippen molar-refractivity contribution in [3.8, 4) is 0 Å². The van der Waals surface area contributed by atoms with E-state index in [0.717, 1.165) is 16.5 Å². The number of aromatic amines is 1. The standard InChI is InChI=1S/C16H21N3O/c1-16(10-17,12-6-7-12)19-15(20)8-11-9-18-14-5-3-2-4-13(11)14/h2-5,9,12,18H,6-8,10,17H2,1H3,(H,19,20). The Kier molecular flexibility index (Phi) is 3.26. The molecule has 4 nitrogen and oxygen atoms in total. The molecular weight excluding hydrogens is 250 g/mol. The monoisotopic (exact) mass is 271 g/mol. The Morgan fingerprint density at radius 1 is 1.45 bits per heavy atom. The van der Waals surface area contributed by atoms with E-state index in [4.69, 9.17) is 5.73 Å². The SMILES string of the molecule is CC(CN)(NC(=O)Cc1c[nH]c2ccccc12)C1CC1. The van der Waals surface area contributed by atoms with Crippen LogP contribution in [0.5, 0.6) is 0 Å². The number of hydrogen-bond donors (Lipinski definition) is 3. The molecule has 1 unspecified atom stereocenters. The van der Waals surface area contributed by atoms with Crippen molar-refractivity contribution in [2.45, 2.75) is 31.7 Å². The van der Waals surface area contributed by atoms with Crippen molar-refractivity contribution in [3.63, 3.8) is 0 Å². The van der Waals surface area contributed by atoms with E-state index in [2.05, 4.69) is 17.2 Å². The first-order chi connectivity index (χ1) is 9.62. The zero-order valence-corrected chi connectivity index (χ0v) is 11.8. The van der Waals surface area contributed by atoms with Gasteiger partial charge in [0.1, 0.15) is 0 Å². The molecule has 3 rings (SSSR count). The average Bonchev–Trinajstić information content (AvgIpc) is 3.23. The van der Waals surface area contributed by atoms with Gasteiger partial charge in [-0.05, 0) is 37.3 Å². The van der Waals surface area contributed by atoms with Crippen LogP contribution >= 0.6 is 0 Å². The van der Waals surface area contributed by atoms with E-state index in [0.29, 0.717) is 18.9 Å². The van der Waals surface area contributed by atoms with Crippen LogP contribution in [0, 0.1) is 5.92 Å². The van der Waals surface area contributed by atoms with Gasteiger partial charge in [0.25, 0.3) is 0 Å². The van der Waals surface area contributed by atoms with Gasteiger partial charge in [0.2, 0.25) is 5.91 Å². The fourth-order valence-electron chi connectivity index (χ4n) is 2.85. The Hall–Kier alpha value is -1.81. The normalized spacial score (nSPS) is 17.9. The summed E-state index contributed by atoms with van der Waals surface area (Å²) in [5.41, 5.74) is 7.70. The Morgan fingerprint density at radius 3 is 2.90 bits per heavy atom. The number of amides is 1. The van der Waals surface area contributed by atoms with Crippen molar-refractivity contribution < 1.29 is 4.79 Å². The quantitative estimate of drug-likeness (QED) is 0.778. The van der Waals surface area contributed by atoms with Crippen LogP contribution in [0.2, 0.25) is 0 Å². The van der Waals surface area contributed by atoms with E-state index < -0.39 is 0 Å². The van der Waals surface area contributed by atoms with Gasteiger partial charge in [-0.1, -0.05) is 18.2 Å². The predicted molar refractivity (Wildman–Crippen MR) is 80.3 cm³/mol. The maximum Gasteiger partial charge on any atom is 0.224 e. The predicted octanol–water partition coefficient (Wildman–Crippen LogP) is 1.95. The van der Waals surface area contributed by atoms with Gasteiger partial charge in [0.15, 0.2) is 0 Å². The number of rotatable bonds is 5. The molecule has 1 aromatic heterocycles. The Bertz CT molecular complexity index is 629. The number of carbonyl (C=O) groups is 1. The maximum atomic E-state index is 12.3. The van der Waals surface area contributed by atoms with Crippen molar-refractivity contribution in [3.05, 3.63) is 36.0 Å². The molecule has 1 atom stereocenters. The molecule has 4 N–H and O–H groups in total. The first kappa shape index (κ1) is 13.2. The summed E-state index contributed by atoms with van der Waals surface area (Å²) in [6, 6.07) is 8.04. The van der Waals surface area contributed by atoms with Crippen LogP contribution in [0.1, 0.15) is 25.3 Å². The van der Waals surface area contributed by atoms with Gasteiger partial charge in [0.05, 0.1) is 12.0 Å². The zero-order valence-electron chi connectivity index (χ0n) is 11.8. The molecule has 1 aliphatic carbocycles. The molecule has 4 heteroatoms. The van der Waals surface area contributed by atoms with Crippen molar-refractivity contribution in [1.29, 1.82) is 0 Å². The van der Waals surface area contributed by atoms with Gasteiger partial charge >= 0.3 is 0 Å². The van der Waals surface area contributed by atoms with Crippen molar-refractivity contribution >= 4 is 16.8 Å². The summed E-state index contributed by atoms with van der Waals surface area (Å²) in [7, 11) is 0. The highest BCUT2D eigenvalue weighted by atomic mass is 16.1. The summed E-state index contributed by atoms with van der Waals surface area (Å²) < 4.78 is 0. The lowest BCUT2D eigenvalue weighted by molar-refractivity contribution is -0.122.